The van der Waals surface area contributed by atoms with E-state index >= 15 is 0 Å². The lowest BCUT2D eigenvalue weighted by molar-refractivity contribution is -0.274. The molecule has 1 aromatic rings. The molecule has 11 heteroatoms. The summed E-state index contributed by atoms with van der Waals surface area (Å²) in [6.45, 7) is 1.70. The van der Waals surface area contributed by atoms with Crippen LogP contribution in [0.3, 0.4) is 0 Å². The second-order valence-corrected chi connectivity index (χ2v) is 5.37. The van der Waals surface area contributed by atoms with E-state index in [-0.39, 0.29) is 27.3 Å². The first-order valence-corrected chi connectivity index (χ1v) is 7.24. The molecule has 0 bridgehead atoms. The van der Waals surface area contributed by atoms with E-state index in [1.165, 1.54) is 12.1 Å². The van der Waals surface area contributed by atoms with Crippen LogP contribution < -0.4 is 21.7 Å². The maximum atomic E-state index is 12.3. The minimum atomic E-state index is -4.89. The topological polar surface area (TPSA) is 99.6 Å². The molecule has 0 heterocycles. The van der Waals surface area contributed by atoms with Gasteiger partial charge in [-0.25, -0.2) is 4.79 Å². The fraction of sp³-hybridized carbons (Fsp3) is 0.250. The molecule has 0 radical (unpaired) electrons. The fourth-order valence-electron chi connectivity index (χ4n) is 1.36. The average molecular weight is 372 g/mol. The molecule has 0 spiro atoms. The number of ether oxygens (including phenoxy) is 2. The number of hydrogen-bond donors (Lipinski definition) is 3. The maximum Gasteiger partial charge on any atom is 0.573 e. The van der Waals surface area contributed by atoms with Crippen molar-refractivity contribution in [2.24, 2.45) is 11.6 Å². The van der Waals surface area contributed by atoms with Gasteiger partial charge in [0.1, 0.15) is 10.8 Å². The Kier molecular flexibility index (Phi) is 6.85. The zero-order valence-electron chi connectivity index (χ0n) is 11.7. The first-order valence-electron chi connectivity index (χ1n) is 6.04. The largest absolute Gasteiger partial charge is 0.573 e. The predicted molar refractivity (Wildman–Crippen MR) is 79.2 cm³/mol. The minimum Gasteiger partial charge on any atom is -0.461 e. The summed E-state index contributed by atoms with van der Waals surface area (Å²) < 4.78 is 45.4. The molecule has 0 atom stereocenters. The Balaban J connectivity index is 3.04. The van der Waals surface area contributed by atoms with Crippen molar-refractivity contribution in [1.82, 2.24) is 5.43 Å². The molecule has 0 unspecified atom stereocenters. The lowest BCUT2D eigenvalue weighted by Crippen LogP contribution is -2.30. The van der Waals surface area contributed by atoms with Gasteiger partial charge in [0.05, 0.1) is 11.6 Å². The third-order valence-electron chi connectivity index (χ3n) is 2.23. The molecule has 128 valence electrons. The molecule has 0 amide bonds. The van der Waals surface area contributed by atoms with Crippen LogP contribution >= 0.6 is 23.4 Å². The van der Waals surface area contributed by atoms with Gasteiger partial charge in [-0.15, -0.1) is 13.2 Å². The van der Waals surface area contributed by atoms with Gasteiger partial charge in [0.25, 0.3) is 0 Å². The molecule has 1 rings (SSSR count). The molecule has 0 fully saturated rings. The molecule has 5 N–H and O–H groups in total. The van der Waals surface area contributed by atoms with Crippen LogP contribution in [-0.2, 0) is 9.53 Å². The van der Waals surface area contributed by atoms with Gasteiger partial charge in [-0.3, -0.25) is 5.84 Å². The van der Waals surface area contributed by atoms with E-state index in [0.717, 1.165) is 17.8 Å². The summed E-state index contributed by atoms with van der Waals surface area (Å²) in [4.78, 5) is 11.9. The van der Waals surface area contributed by atoms with E-state index in [1.54, 1.807) is 6.92 Å². The summed E-state index contributed by atoms with van der Waals surface area (Å²) in [6.07, 6.45) is -4.89. The smallest absolute Gasteiger partial charge is 0.461 e. The van der Waals surface area contributed by atoms with Crippen molar-refractivity contribution < 1.29 is 27.4 Å². The summed E-state index contributed by atoms with van der Waals surface area (Å²) in [5.74, 6) is 3.82. The molecule has 0 saturated heterocycles. The number of carbonyl (C=O) groups is 1. The number of alkyl halides is 3. The second-order valence-electron chi connectivity index (χ2n) is 3.85. The number of thioether (sulfide) groups is 1. The van der Waals surface area contributed by atoms with E-state index in [9.17, 15) is 18.0 Å². The number of carbonyl (C=O) groups excluding carboxylic acids is 1. The van der Waals surface area contributed by atoms with Crippen LogP contribution in [0, 0.1) is 0 Å². The van der Waals surface area contributed by atoms with Crippen LogP contribution in [0.4, 0.5) is 13.2 Å². The Hall–Kier alpha value is -1.78. The first-order chi connectivity index (χ1) is 10.7. The van der Waals surface area contributed by atoms with Crippen molar-refractivity contribution in [3.63, 3.8) is 0 Å². The lowest BCUT2D eigenvalue weighted by atomic mass is 10.3. The van der Waals surface area contributed by atoms with Crippen LogP contribution in [0.25, 0.3) is 0 Å². The SMILES string of the molecule is CCOC(=O)/C(NN)=C(/N)Sc1ccc(Cl)c(OC(F)(F)F)c1. The zero-order valence-corrected chi connectivity index (χ0v) is 13.3. The fourth-order valence-corrected chi connectivity index (χ4v) is 2.32. The summed E-state index contributed by atoms with van der Waals surface area (Å²) in [5.41, 5.74) is 7.59. The second kappa shape index (κ2) is 8.18. The number of esters is 1. The van der Waals surface area contributed by atoms with Gasteiger partial charge in [-0.2, -0.15) is 0 Å². The molecule has 1 aromatic carbocycles. The Bertz CT molecular complexity index is 611. The number of hydrazine groups is 1. The van der Waals surface area contributed by atoms with Gasteiger partial charge >= 0.3 is 12.3 Å². The standard InChI is InChI=1S/C12H13ClF3N3O3S/c1-2-21-11(20)9(19-18)10(17)23-6-3-4-7(13)8(5-6)22-12(14,15)16/h3-5,19H,2,17-18H2,1H3/b10-9+. The van der Waals surface area contributed by atoms with Crippen LogP contribution in [0.5, 0.6) is 5.75 Å². The normalized spacial score (nSPS) is 12.4. The molecule has 23 heavy (non-hydrogen) atoms. The number of nitrogens with one attached hydrogen (secondary N) is 1. The molecule has 0 aliphatic rings. The molecular formula is C12H13ClF3N3O3S. The average Bonchev–Trinajstić information content (AvgIpc) is 2.42. The van der Waals surface area contributed by atoms with Crippen molar-refractivity contribution in [2.75, 3.05) is 6.61 Å². The van der Waals surface area contributed by atoms with Crippen LogP contribution in [0.1, 0.15) is 6.92 Å². The zero-order chi connectivity index (χ0) is 17.6. The summed E-state index contributed by atoms with van der Waals surface area (Å²) in [6, 6.07) is 3.65. The van der Waals surface area contributed by atoms with Crippen molar-refractivity contribution in [1.29, 1.82) is 0 Å². The van der Waals surface area contributed by atoms with E-state index in [0.29, 0.717) is 0 Å². The van der Waals surface area contributed by atoms with Crippen LogP contribution in [0.2, 0.25) is 5.02 Å². The monoisotopic (exact) mass is 371 g/mol. The van der Waals surface area contributed by atoms with Crippen LogP contribution in [0.15, 0.2) is 33.8 Å². The van der Waals surface area contributed by atoms with Gasteiger partial charge < -0.3 is 20.6 Å². The Morgan fingerprint density at radius 2 is 2.09 bits per heavy atom. The van der Waals surface area contributed by atoms with Crippen molar-refractivity contribution in [3.8, 4) is 5.75 Å². The van der Waals surface area contributed by atoms with Gasteiger partial charge in [-0.1, -0.05) is 23.4 Å². The minimum absolute atomic E-state index is 0.0915. The number of nitrogens with two attached hydrogens (primary N) is 2. The first kappa shape index (κ1) is 19.3. The Morgan fingerprint density at radius 1 is 1.43 bits per heavy atom. The molecule has 0 aromatic heterocycles. The summed E-state index contributed by atoms with van der Waals surface area (Å²) in [5, 5.41) is -0.317. The third-order valence-corrected chi connectivity index (χ3v) is 3.45. The van der Waals surface area contributed by atoms with E-state index < -0.39 is 18.1 Å². The summed E-state index contributed by atoms with van der Waals surface area (Å²) >= 11 is 6.42. The van der Waals surface area contributed by atoms with Crippen LogP contribution in [-0.4, -0.2) is 18.9 Å². The molecule has 6 nitrogen and oxygen atoms in total. The van der Waals surface area contributed by atoms with Gasteiger partial charge in [0, 0.05) is 4.90 Å². The van der Waals surface area contributed by atoms with Crippen molar-refractivity contribution in [3.05, 3.63) is 33.9 Å². The predicted octanol–water partition coefficient (Wildman–Crippen LogP) is 2.48. The number of halogens is 4. The Morgan fingerprint density at radius 3 is 2.61 bits per heavy atom. The number of rotatable bonds is 6. The van der Waals surface area contributed by atoms with Gasteiger partial charge in [0.15, 0.2) is 5.70 Å². The van der Waals surface area contributed by atoms with E-state index in [2.05, 4.69) is 10.2 Å². The molecule has 0 aliphatic carbocycles. The molecular weight excluding hydrogens is 359 g/mol. The van der Waals surface area contributed by atoms with Crippen molar-refractivity contribution in [2.45, 2.75) is 18.2 Å². The van der Waals surface area contributed by atoms with Crippen molar-refractivity contribution >= 4 is 29.3 Å². The quantitative estimate of drug-likeness (QED) is 0.232. The highest BCUT2D eigenvalue weighted by Crippen LogP contribution is 2.35. The highest BCUT2D eigenvalue weighted by Gasteiger charge is 2.32. The molecule has 0 saturated carbocycles. The molecule has 0 aliphatic heterocycles. The van der Waals surface area contributed by atoms with E-state index in [4.69, 9.17) is 27.9 Å². The lowest BCUT2D eigenvalue weighted by Gasteiger charge is -2.13. The highest BCUT2D eigenvalue weighted by atomic mass is 35.5. The Labute approximate surface area is 138 Å². The van der Waals surface area contributed by atoms with Gasteiger partial charge in [0.2, 0.25) is 0 Å². The third kappa shape index (κ3) is 6.08. The highest BCUT2D eigenvalue weighted by molar-refractivity contribution is 8.03. The number of benzene rings is 1. The number of hydrogen-bond acceptors (Lipinski definition) is 7. The van der Waals surface area contributed by atoms with Gasteiger partial charge in [-0.05, 0) is 25.1 Å². The summed E-state index contributed by atoms with van der Waals surface area (Å²) in [7, 11) is 0. The maximum absolute atomic E-state index is 12.3. The van der Waals surface area contributed by atoms with E-state index in [1.807, 2.05) is 0 Å².